The molecule has 0 saturated heterocycles. The smallest absolute Gasteiger partial charge is 0.269 e. The van der Waals surface area contributed by atoms with Gasteiger partial charge >= 0.3 is 0 Å². The van der Waals surface area contributed by atoms with Crippen molar-refractivity contribution in [3.8, 4) is 0 Å². The van der Waals surface area contributed by atoms with E-state index in [1.807, 2.05) is 0 Å². The van der Waals surface area contributed by atoms with Gasteiger partial charge in [-0.15, -0.1) is 0 Å². The van der Waals surface area contributed by atoms with Gasteiger partial charge in [0.15, 0.2) is 11.9 Å². The minimum atomic E-state index is -0.880. The number of halogens is 1. The lowest BCUT2D eigenvalue weighted by molar-refractivity contribution is -0.384. The molecule has 1 aliphatic heterocycles. The van der Waals surface area contributed by atoms with E-state index in [2.05, 4.69) is 0 Å². The molecule has 6 nitrogen and oxygen atoms in total. The quantitative estimate of drug-likeness (QED) is 0.426. The Bertz CT molecular complexity index is 994. The molecule has 4 rings (SSSR count). The van der Waals surface area contributed by atoms with E-state index in [0.717, 1.165) is 5.56 Å². The van der Waals surface area contributed by atoms with Gasteiger partial charge in [-0.05, 0) is 36.2 Å². The lowest BCUT2D eigenvalue weighted by Crippen LogP contribution is -2.28. The predicted molar refractivity (Wildman–Crippen MR) is 102 cm³/mol. The number of nitro groups is 1. The molecule has 0 saturated carbocycles. The number of rotatable bonds is 4. The maximum absolute atomic E-state index is 13.2. The highest BCUT2D eigenvalue weighted by Gasteiger charge is 2.45. The van der Waals surface area contributed by atoms with Crippen molar-refractivity contribution in [3.05, 3.63) is 86.1 Å². The number of ketones is 2. The second-order valence-corrected chi connectivity index (χ2v) is 7.29. The van der Waals surface area contributed by atoms with Crippen LogP contribution in [0.4, 0.5) is 5.69 Å². The van der Waals surface area contributed by atoms with Crippen LogP contribution in [0.3, 0.4) is 0 Å². The Labute approximate surface area is 165 Å². The molecule has 2 aliphatic rings. The average Bonchev–Trinajstić information content (AvgIpc) is 3.09. The topological polar surface area (TPSA) is 86.5 Å². The van der Waals surface area contributed by atoms with Crippen molar-refractivity contribution in [2.24, 2.45) is 0 Å². The zero-order chi connectivity index (χ0) is 19.8. The number of allylic oxidation sites excluding steroid dienone is 1. The van der Waals surface area contributed by atoms with Crippen molar-refractivity contribution in [1.29, 1.82) is 0 Å². The molecular formula is C21H16ClNO5. The largest absolute Gasteiger partial charge is 0.485 e. The van der Waals surface area contributed by atoms with Crippen molar-refractivity contribution in [2.75, 3.05) is 0 Å². The van der Waals surface area contributed by atoms with Gasteiger partial charge in [0.2, 0.25) is 5.78 Å². The molecule has 0 amide bonds. The van der Waals surface area contributed by atoms with Crippen LogP contribution < -0.4 is 0 Å². The van der Waals surface area contributed by atoms with Gasteiger partial charge < -0.3 is 4.74 Å². The van der Waals surface area contributed by atoms with Crippen LogP contribution in [0.25, 0.3) is 0 Å². The molecule has 1 heterocycles. The van der Waals surface area contributed by atoms with Gasteiger partial charge in [-0.25, -0.2) is 0 Å². The number of non-ortho nitro benzene ring substituents is 1. The fourth-order valence-corrected chi connectivity index (χ4v) is 3.93. The molecule has 0 aromatic heterocycles. The number of hydrogen-bond acceptors (Lipinski definition) is 5. The van der Waals surface area contributed by atoms with Crippen LogP contribution >= 0.6 is 11.6 Å². The fourth-order valence-electron chi connectivity index (χ4n) is 3.80. The third-order valence-electron chi connectivity index (χ3n) is 5.14. The molecule has 1 aliphatic carbocycles. The molecule has 0 N–H and O–H groups in total. The third-order valence-corrected chi connectivity index (χ3v) is 5.39. The van der Waals surface area contributed by atoms with Gasteiger partial charge in [-0.3, -0.25) is 19.7 Å². The molecule has 28 heavy (non-hydrogen) atoms. The summed E-state index contributed by atoms with van der Waals surface area (Å²) in [7, 11) is 0. The van der Waals surface area contributed by atoms with E-state index in [1.54, 1.807) is 24.3 Å². The summed E-state index contributed by atoms with van der Waals surface area (Å²) in [6, 6.07) is 12.4. The molecule has 0 fully saturated rings. The first kappa shape index (κ1) is 18.4. The van der Waals surface area contributed by atoms with Crippen molar-refractivity contribution >= 4 is 28.9 Å². The zero-order valence-corrected chi connectivity index (χ0v) is 15.5. The van der Waals surface area contributed by atoms with Crippen LogP contribution in [0.15, 0.2) is 59.9 Å². The lowest BCUT2D eigenvalue weighted by atomic mass is 9.80. The highest BCUT2D eigenvalue weighted by molar-refractivity contribution is 6.30. The van der Waals surface area contributed by atoms with Crippen molar-refractivity contribution in [1.82, 2.24) is 0 Å². The highest BCUT2D eigenvalue weighted by Crippen LogP contribution is 2.45. The Hall–Kier alpha value is -2.99. The maximum atomic E-state index is 13.2. The lowest BCUT2D eigenvalue weighted by Gasteiger charge is -2.20. The zero-order valence-electron chi connectivity index (χ0n) is 14.8. The summed E-state index contributed by atoms with van der Waals surface area (Å²) in [4.78, 5) is 36.1. The average molecular weight is 398 g/mol. The van der Waals surface area contributed by atoms with E-state index >= 15 is 0 Å². The number of ether oxygens (including phenoxy) is 1. The van der Waals surface area contributed by atoms with E-state index in [0.29, 0.717) is 41.2 Å². The Morgan fingerprint density at radius 2 is 1.75 bits per heavy atom. The summed E-state index contributed by atoms with van der Waals surface area (Å²) in [5.41, 5.74) is 1.56. The Morgan fingerprint density at radius 1 is 1.07 bits per heavy atom. The normalized spacial score (nSPS) is 21.2. The van der Waals surface area contributed by atoms with Crippen molar-refractivity contribution in [2.45, 2.75) is 31.3 Å². The monoisotopic (exact) mass is 397 g/mol. The van der Waals surface area contributed by atoms with Crippen LogP contribution in [0, 0.1) is 10.1 Å². The van der Waals surface area contributed by atoms with E-state index in [1.165, 1.54) is 24.3 Å². The number of carbonyl (C=O) groups is 2. The summed E-state index contributed by atoms with van der Waals surface area (Å²) < 4.78 is 5.97. The van der Waals surface area contributed by atoms with Gasteiger partial charge in [0.1, 0.15) is 5.76 Å². The standard InChI is InChI=1S/C21H16ClNO5/c22-14-8-4-12(5-9-14)18-19-16(24)2-1-3-17(19)28-21(18)20(25)13-6-10-15(11-7-13)23(26)27/h4-11,18,21H,1-3H2. The summed E-state index contributed by atoms with van der Waals surface area (Å²) in [6.07, 6.45) is 0.873. The fraction of sp³-hybridized carbons (Fsp3) is 0.238. The van der Waals surface area contributed by atoms with Crippen molar-refractivity contribution < 1.29 is 19.2 Å². The van der Waals surface area contributed by atoms with E-state index in [9.17, 15) is 19.7 Å². The Balaban J connectivity index is 1.72. The van der Waals surface area contributed by atoms with Crippen LogP contribution in [-0.2, 0) is 9.53 Å². The van der Waals surface area contributed by atoms with Crippen LogP contribution in [-0.4, -0.2) is 22.6 Å². The predicted octanol–water partition coefficient (Wildman–Crippen LogP) is 4.62. The molecular weight excluding hydrogens is 382 g/mol. The first-order valence-corrected chi connectivity index (χ1v) is 9.30. The number of benzene rings is 2. The van der Waals surface area contributed by atoms with Gasteiger partial charge in [0.05, 0.1) is 10.8 Å². The Morgan fingerprint density at radius 3 is 2.39 bits per heavy atom. The molecule has 0 radical (unpaired) electrons. The second-order valence-electron chi connectivity index (χ2n) is 6.85. The molecule has 0 spiro atoms. The SMILES string of the molecule is O=C1CCCC2=C1C(c1ccc(Cl)cc1)C(C(=O)c1ccc([N+](=O)[O-])cc1)O2. The highest BCUT2D eigenvalue weighted by atomic mass is 35.5. The van der Waals surface area contributed by atoms with Gasteiger partial charge in [-0.2, -0.15) is 0 Å². The molecule has 0 bridgehead atoms. The molecule has 2 unspecified atom stereocenters. The summed E-state index contributed by atoms with van der Waals surface area (Å²) in [6.45, 7) is 0. The number of nitrogens with zero attached hydrogens (tertiary/aromatic N) is 1. The molecule has 2 atom stereocenters. The minimum absolute atomic E-state index is 0.000185. The second kappa shape index (κ2) is 7.20. The maximum Gasteiger partial charge on any atom is 0.269 e. The van der Waals surface area contributed by atoms with Gasteiger partial charge in [0, 0.05) is 41.1 Å². The summed E-state index contributed by atoms with van der Waals surface area (Å²) in [5.74, 6) is -0.239. The van der Waals surface area contributed by atoms with Crippen LogP contribution in [0.2, 0.25) is 5.02 Å². The van der Waals surface area contributed by atoms with Gasteiger partial charge in [-0.1, -0.05) is 23.7 Å². The van der Waals surface area contributed by atoms with E-state index in [4.69, 9.17) is 16.3 Å². The minimum Gasteiger partial charge on any atom is -0.485 e. The van der Waals surface area contributed by atoms with E-state index < -0.39 is 16.9 Å². The van der Waals surface area contributed by atoms with Gasteiger partial charge in [0.25, 0.3) is 5.69 Å². The molecule has 2 aromatic rings. The molecule has 7 heteroatoms. The number of Topliss-reactive ketones (excluding diaryl/α,β-unsaturated/α-hetero) is 2. The number of hydrogen-bond donors (Lipinski definition) is 0. The molecule has 142 valence electrons. The Kier molecular flexibility index (Phi) is 4.73. The van der Waals surface area contributed by atoms with Crippen LogP contribution in [0.1, 0.15) is 41.1 Å². The first-order valence-electron chi connectivity index (χ1n) is 8.93. The number of carbonyl (C=O) groups excluding carboxylic acids is 2. The number of nitro benzene ring substituents is 1. The van der Waals surface area contributed by atoms with E-state index in [-0.39, 0.29) is 17.3 Å². The first-order chi connectivity index (χ1) is 13.5. The third kappa shape index (κ3) is 3.20. The molecule has 2 aromatic carbocycles. The summed E-state index contributed by atoms with van der Waals surface area (Å²) >= 11 is 5.99. The van der Waals surface area contributed by atoms with Crippen LogP contribution in [0.5, 0.6) is 0 Å². The summed E-state index contributed by atoms with van der Waals surface area (Å²) in [5, 5.41) is 11.4. The van der Waals surface area contributed by atoms with Crippen molar-refractivity contribution in [3.63, 3.8) is 0 Å².